The van der Waals surface area contributed by atoms with Gasteiger partial charge in [-0.25, -0.2) is 14.8 Å². The minimum absolute atomic E-state index is 0.0471. The molecule has 0 bridgehead atoms. The molecule has 0 aliphatic heterocycles. The van der Waals surface area contributed by atoms with E-state index in [1.807, 2.05) is 0 Å². The lowest BCUT2D eigenvalue weighted by Crippen LogP contribution is -2.26. The van der Waals surface area contributed by atoms with Crippen LogP contribution in [0.3, 0.4) is 0 Å². The van der Waals surface area contributed by atoms with E-state index in [4.69, 9.17) is 5.11 Å². The summed E-state index contributed by atoms with van der Waals surface area (Å²) in [6.45, 7) is -0.327. The number of anilines is 1. The van der Waals surface area contributed by atoms with E-state index in [1.165, 1.54) is 19.3 Å². The molecule has 1 heterocycles. The molecule has 0 aliphatic carbocycles. The van der Waals surface area contributed by atoms with Gasteiger partial charge in [-0.05, 0) is 6.07 Å². The second-order valence-corrected chi connectivity index (χ2v) is 3.33. The fourth-order valence-electron chi connectivity index (χ4n) is 1.05. The van der Waals surface area contributed by atoms with Crippen molar-refractivity contribution in [1.29, 1.82) is 0 Å². The molecule has 0 spiro atoms. The second-order valence-electron chi connectivity index (χ2n) is 3.33. The molecule has 0 saturated heterocycles. The van der Waals surface area contributed by atoms with Crippen LogP contribution < -0.4 is 4.90 Å². The van der Waals surface area contributed by atoms with Crippen molar-refractivity contribution < 1.29 is 23.1 Å². The minimum atomic E-state index is -4.27. The predicted molar refractivity (Wildman–Crippen MR) is 52.9 cm³/mol. The Morgan fingerprint density at radius 2 is 2.18 bits per heavy atom. The third-order valence-electron chi connectivity index (χ3n) is 1.93. The molecule has 8 heteroatoms. The molecule has 17 heavy (non-hydrogen) atoms. The fourth-order valence-corrected chi connectivity index (χ4v) is 1.05. The van der Waals surface area contributed by atoms with Crippen LogP contribution in [-0.2, 0) is 0 Å². The van der Waals surface area contributed by atoms with E-state index in [1.54, 1.807) is 0 Å². The zero-order valence-electron chi connectivity index (χ0n) is 8.90. The predicted octanol–water partition coefficient (Wildman–Crippen LogP) is 1.56. The van der Waals surface area contributed by atoms with Gasteiger partial charge in [0.25, 0.3) is 0 Å². The van der Waals surface area contributed by atoms with Crippen molar-refractivity contribution in [3.05, 3.63) is 18.0 Å². The lowest BCUT2D eigenvalue weighted by Gasteiger charge is -2.17. The second kappa shape index (κ2) is 4.98. The van der Waals surface area contributed by atoms with Gasteiger partial charge in [-0.15, -0.1) is 0 Å². The van der Waals surface area contributed by atoms with Gasteiger partial charge < -0.3 is 10.0 Å². The lowest BCUT2D eigenvalue weighted by molar-refractivity contribution is -0.132. The number of hydrogen-bond donors (Lipinski definition) is 1. The molecule has 0 radical (unpaired) electrons. The van der Waals surface area contributed by atoms with Gasteiger partial charge >= 0.3 is 12.1 Å². The summed E-state index contributed by atoms with van der Waals surface area (Å²) in [6, 6.07) is 1.17. The average molecular weight is 249 g/mol. The van der Waals surface area contributed by atoms with E-state index < -0.39 is 18.6 Å². The highest BCUT2D eigenvalue weighted by Crippen LogP contribution is 2.20. The van der Waals surface area contributed by atoms with E-state index in [-0.39, 0.29) is 18.2 Å². The molecule has 1 aromatic heterocycles. The number of carbonyl (C=O) groups is 1. The number of aromatic nitrogens is 2. The molecular formula is C9H10F3N3O2. The van der Waals surface area contributed by atoms with Gasteiger partial charge in [-0.2, -0.15) is 13.2 Å². The van der Waals surface area contributed by atoms with Gasteiger partial charge in [0, 0.05) is 19.8 Å². The highest BCUT2D eigenvalue weighted by atomic mass is 19.4. The largest absolute Gasteiger partial charge is 0.477 e. The molecule has 1 aromatic rings. The molecule has 0 unspecified atom stereocenters. The first-order valence-electron chi connectivity index (χ1n) is 4.64. The smallest absolute Gasteiger partial charge is 0.390 e. The SMILES string of the molecule is CN(CCC(F)(F)F)c1nccc(C(=O)O)n1. The number of rotatable bonds is 4. The van der Waals surface area contributed by atoms with Crippen LogP contribution >= 0.6 is 0 Å². The normalized spacial score (nSPS) is 11.3. The molecule has 0 amide bonds. The van der Waals surface area contributed by atoms with E-state index >= 15 is 0 Å². The molecule has 1 rings (SSSR count). The Hall–Kier alpha value is -1.86. The maximum Gasteiger partial charge on any atom is 0.390 e. The van der Waals surface area contributed by atoms with Gasteiger partial charge in [-0.3, -0.25) is 0 Å². The number of hydrogen-bond acceptors (Lipinski definition) is 4. The van der Waals surface area contributed by atoms with Gasteiger partial charge in [-0.1, -0.05) is 0 Å². The monoisotopic (exact) mass is 249 g/mol. The van der Waals surface area contributed by atoms with Crippen molar-refractivity contribution in [3.8, 4) is 0 Å². The zero-order valence-corrected chi connectivity index (χ0v) is 8.90. The first-order chi connectivity index (χ1) is 7.79. The Kier molecular flexibility index (Phi) is 3.87. The van der Waals surface area contributed by atoms with E-state index in [9.17, 15) is 18.0 Å². The number of aromatic carboxylic acids is 1. The average Bonchev–Trinajstić information content (AvgIpc) is 2.25. The Morgan fingerprint density at radius 3 is 2.71 bits per heavy atom. The summed E-state index contributed by atoms with van der Waals surface area (Å²) in [5, 5.41) is 8.66. The zero-order chi connectivity index (χ0) is 13.1. The van der Waals surface area contributed by atoms with Crippen molar-refractivity contribution in [2.24, 2.45) is 0 Å². The van der Waals surface area contributed by atoms with Crippen molar-refractivity contribution in [1.82, 2.24) is 9.97 Å². The Bertz CT molecular complexity index is 409. The van der Waals surface area contributed by atoms with Gasteiger partial charge in [0.1, 0.15) is 0 Å². The lowest BCUT2D eigenvalue weighted by atomic mass is 10.4. The highest BCUT2D eigenvalue weighted by Gasteiger charge is 2.27. The van der Waals surface area contributed by atoms with Crippen molar-refractivity contribution >= 4 is 11.9 Å². The van der Waals surface area contributed by atoms with Crippen LogP contribution in [-0.4, -0.2) is 40.8 Å². The quantitative estimate of drug-likeness (QED) is 0.877. The van der Waals surface area contributed by atoms with Gasteiger partial charge in [0.05, 0.1) is 6.42 Å². The van der Waals surface area contributed by atoms with Crippen molar-refractivity contribution in [2.75, 3.05) is 18.5 Å². The van der Waals surface area contributed by atoms with Crippen LogP contribution in [0.5, 0.6) is 0 Å². The van der Waals surface area contributed by atoms with Crippen LogP contribution in [0.1, 0.15) is 16.9 Å². The summed E-state index contributed by atoms with van der Waals surface area (Å²) >= 11 is 0. The number of carboxylic acid groups (broad SMARTS) is 1. The standard InChI is InChI=1S/C9H10F3N3O2/c1-15(5-3-9(10,11)12)8-13-4-2-6(14-8)7(16)17/h2,4H,3,5H2,1H3,(H,16,17). The third kappa shape index (κ3) is 4.25. The Morgan fingerprint density at radius 1 is 1.53 bits per heavy atom. The van der Waals surface area contributed by atoms with Crippen LogP contribution in [0.25, 0.3) is 0 Å². The number of carboxylic acids is 1. The van der Waals surface area contributed by atoms with Crippen LogP contribution in [0.4, 0.5) is 19.1 Å². The maximum atomic E-state index is 12.0. The van der Waals surface area contributed by atoms with E-state index in [0.717, 1.165) is 4.90 Å². The van der Waals surface area contributed by atoms with Crippen molar-refractivity contribution in [2.45, 2.75) is 12.6 Å². The molecule has 0 fully saturated rings. The summed E-state index contributed by atoms with van der Waals surface area (Å²) < 4.78 is 35.9. The first-order valence-corrected chi connectivity index (χ1v) is 4.64. The molecule has 1 N–H and O–H groups in total. The van der Waals surface area contributed by atoms with E-state index in [0.29, 0.717) is 0 Å². The molecule has 0 saturated carbocycles. The third-order valence-corrected chi connectivity index (χ3v) is 1.93. The summed E-state index contributed by atoms with van der Waals surface area (Å²) in [4.78, 5) is 19.1. The molecule has 5 nitrogen and oxygen atoms in total. The van der Waals surface area contributed by atoms with Gasteiger partial charge in [0.2, 0.25) is 5.95 Å². The van der Waals surface area contributed by atoms with E-state index in [2.05, 4.69) is 9.97 Å². The minimum Gasteiger partial charge on any atom is -0.477 e. The maximum absolute atomic E-state index is 12.0. The topological polar surface area (TPSA) is 66.3 Å². The number of nitrogens with zero attached hydrogens (tertiary/aromatic N) is 3. The molecule has 0 atom stereocenters. The molecule has 0 aliphatic rings. The van der Waals surface area contributed by atoms with Crippen LogP contribution in [0.2, 0.25) is 0 Å². The first kappa shape index (κ1) is 13.2. The summed E-state index contributed by atoms with van der Waals surface area (Å²) in [5.41, 5.74) is -0.256. The fraction of sp³-hybridized carbons (Fsp3) is 0.444. The summed E-state index contributed by atoms with van der Waals surface area (Å²) in [5.74, 6) is -1.30. The number of halogens is 3. The molecule has 0 aromatic carbocycles. The van der Waals surface area contributed by atoms with Gasteiger partial charge in [0.15, 0.2) is 5.69 Å². The summed E-state index contributed by atoms with van der Waals surface area (Å²) in [6.07, 6.45) is -4.08. The Balaban J connectivity index is 2.72. The van der Waals surface area contributed by atoms with Crippen LogP contribution in [0.15, 0.2) is 12.3 Å². The molecular weight excluding hydrogens is 239 g/mol. The highest BCUT2D eigenvalue weighted by molar-refractivity contribution is 5.85. The summed E-state index contributed by atoms with van der Waals surface area (Å²) in [7, 11) is 1.37. The van der Waals surface area contributed by atoms with Crippen LogP contribution in [0, 0.1) is 0 Å². The Labute approximate surface area is 94.9 Å². The number of alkyl halides is 3. The molecule has 94 valence electrons. The van der Waals surface area contributed by atoms with Crippen molar-refractivity contribution in [3.63, 3.8) is 0 Å².